The first-order valence-electron chi connectivity index (χ1n) is 7.48. The van der Waals surface area contributed by atoms with Crippen molar-refractivity contribution in [1.82, 2.24) is 9.71 Å². The number of rotatable bonds is 6. The van der Waals surface area contributed by atoms with E-state index in [0.717, 1.165) is 22.0 Å². The van der Waals surface area contributed by atoms with Crippen molar-refractivity contribution in [2.75, 3.05) is 5.75 Å². The summed E-state index contributed by atoms with van der Waals surface area (Å²) in [7, 11) is -3.34. The van der Waals surface area contributed by atoms with Crippen LogP contribution in [-0.4, -0.2) is 19.2 Å². The van der Waals surface area contributed by atoms with Crippen LogP contribution in [0.1, 0.15) is 11.3 Å². The highest BCUT2D eigenvalue weighted by Gasteiger charge is 2.11. The van der Waals surface area contributed by atoms with Gasteiger partial charge in [0, 0.05) is 24.9 Å². The van der Waals surface area contributed by atoms with Crippen molar-refractivity contribution in [2.24, 2.45) is 0 Å². The number of sulfonamides is 1. The summed E-state index contributed by atoms with van der Waals surface area (Å²) in [6, 6.07) is 19.4. The molecule has 0 fully saturated rings. The second-order valence-corrected chi connectivity index (χ2v) is 7.28. The molecule has 0 saturated carbocycles. The van der Waals surface area contributed by atoms with Gasteiger partial charge in [-0.2, -0.15) is 0 Å². The van der Waals surface area contributed by atoms with Crippen molar-refractivity contribution in [3.05, 3.63) is 78.1 Å². The van der Waals surface area contributed by atoms with Crippen LogP contribution in [-0.2, 0) is 23.0 Å². The lowest BCUT2D eigenvalue weighted by molar-refractivity contribution is 0.580. The zero-order chi connectivity index (χ0) is 16.1. The van der Waals surface area contributed by atoms with Crippen molar-refractivity contribution in [1.29, 1.82) is 0 Å². The van der Waals surface area contributed by atoms with Gasteiger partial charge in [-0.25, -0.2) is 13.1 Å². The van der Waals surface area contributed by atoms with E-state index in [1.165, 1.54) is 0 Å². The molecular formula is C18H18N2O2S. The molecule has 23 heavy (non-hydrogen) atoms. The van der Waals surface area contributed by atoms with E-state index in [1.807, 2.05) is 60.7 Å². The molecule has 0 amide bonds. The highest BCUT2D eigenvalue weighted by Crippen LogP contribution is 2.18. The Morgan fingerprint density at radius 2 is 1.70 bits per heavy atom. The first-order valence-corrected chi connectivity index (χ1v) is 9.13. The van der Waals surface area contributed by atoms with Crippen molar-refractivity contribution in [3.63, 3.8) is 0 Å². The maximum atomic E-state index is 12.2. The molecule has 5 heteroatoms. The van der Waals surface area contributed by atoms with Crippen molar-refractivity contribution < 1.29 is 8.42 Å². The molecule has 0 bridgehead atoms. The van der Waals surface area contributed by atoms with Gasteiger partial charge < -0.3 is 0 Å². The third kappa shape index (κ3) is 4.15. The van der Waals surface area contributed by atoms with Crippen LogP contribution in [0.3, 0.4) is 0 Å². The second kappa shape index (κ2) is 6.89. The number of hydrogen-bond donors (Lipinski definition) is 1. The normalized spacial score (nSPS) is 11.7. The van der Waals surface area contributed by atoms with Crippen LogP contribution < -0.4 is 4.72 Å². The molecule has 0 spiro atoms. The number of aromatic nitrogens is 1. The summed E-state index contributed by atoms with van der Waals surface area (Å²) in [6.45, 7) is 0.298. The Hall–Kier alpha value is -2.24. The number of fused-ring (bicyclic) bond motifs is 1. The minimum absolute atomic E-state index is 0.0365. The molecule has 1 aromatic heterocycles. The van der Waals surface area contributed by atoms with Crippen LogP contribution in [0.2, 0.25) is 0 Å². The van der Waals surface area contributed by atoms with E-state index in [9.17, 15) is 8.42 Å². The zero-order valence-corrected chi connectivity index (χ0v) is 13.5. The number of pyridine rings is 1. The molecule has 4 nitrogen and oxygen atoms in total. The zero-order valence-electron chi connectivity index (χ0n) is 12.6. The fraction of sp³-hybridized carbons (Fsp3) is 0.167. The summed E-state index contributed by atoms with van der Waals surface area (Å²) in [5.74, 6) is 0.0365. The molecule has 1 heterocycles. The molecule has 3 aromatic rings. The highest BCUT2D eigenvalue weighted by molar-refractivity contribution is 7.89. The fourth-order valence-corrected chi connectivity index (χ4v) is 3.49. The second-order valence-electron chi connectivity index (χ2n) is 5.35. The van der Waals surface area contributed by atoms with Gasteiger partial charge in [0.2, 0.25) is 10.0 Å². The van der Waals surface area contributed by atoms with Crippen LogP contribution in [0.15, 0.2) is 66.9 Å². The Labute approximate surface area is 136 Å². The van der Waals surface area contributed by atoms with Gasteiger partial charge in [0.1, 0.15) is 0 Å². The van der Waals surface area contributed by atoms with Gasteiger partial charge in [-0.15, -0.1) is 0 Å². The number of nitrogens with zero attached hydrogens (tertiary/aromatic N) is 1. The minimum atomic E-state index is -3.34. The molecule has 0 aliphatic heterocycles. The van der Waals surface area contributed by atoms with Gasteiger partial charge in [0.05, 0.1) is 5.75 Å². The average molecular weight is 326 g/mol. The van der Waals surface area contributed by atoms with E-state index < -0.39 is 10.0 Å². The molecule has 2 aromatic carbocycles. The first kappa shape index (κ1) is 15.6. The molecule has 0 aliphatic rings. The number of nitrogens with one attached hydrogen (secondary N) is 1. The lowest BCUT2D eigenvalue weighted by Gasteiger charge is -2.09. The Morgan fingerprint density at radius 3 is 2.52 bits per heavy atom. The van der Waals surface area contributed by atoms with Gasteiger partial charge in [0.25, 0.3) is 0 Å². The molecule has 3 rings (SSSR count). The minimum Gasteiger partial charge on any atom is -0.261 e. The molecule has 0 saturated heterocycles. The fourth-order valence-electron chi connectivity index (χ4n) is 2.49. The standard InChI is InChI=1S/C18H18N2O2S/c21-23(22,13-11-17-9-3-4-12-19-17)20-14-16-8-5-7-15-6-1-2-10-18(15)16/h1-10,12,20H,11,13-14H2. The Kier molecular flexibility index (Phi) is 4.69. The SMILES string of the molecule is O=S(=O)(CCc1ccccn1)NCc1cccc2ccccc12. The van der Waals surface area contributed by atoms with Gasteiger partial charge in [-0.1, -0.05) is 48.5 Å². The van der Waals surface area contributed by atoms with E-state index in [0.29, 0.717) is 13.0 Å². The lowest BCUT2D eigenvalue weighted by atomic mass is 10.1. The quantitative estimate of drug-likeness (QED) is 0.758. The molecule has 1 N–H and O–H groups in total. The van der Waals surface area contributed by atoms with E-state index in [2.05, 4.69) is 9.71 Å². The van der Waals surface area contributed by atoms with Crippen LogP contribution in [0.5, 0.6) is 0 Å². The summed E-state index contributed by atoms with van der Waals surface area (Å²) in [4.78, 5) is 4.15. The van der Waals surface area contributed by atoms with Gasteiger partial charge in [-0.05, 0) is 28.5 Å². The van der Waals surface area contributed by atoms with Crippen molar-refractivity contribution in [2.45, 2.75) is 13.0 Å². The predicted molar refractivity (Wildman–Crippen MR) is 92.5 cm³/mol. The number of aryl methyl sites for hydroxylation is 1. The average Bonchev–Trinajstić information content (AvgIpc) is 2.59. The summed E-state index contributed by atoms with van der Waals surface area (Å²) < 4.78 is 27.0. The summed E-state index contributed by atoms with van der Waals surface area (Å²) in [5, 5.41) is 2.18. The number of hydrogen-bond acceptors (Lipinski definition) is 3. The van der Waals surface area contributed by atoms with Gasteiger partial charge >= 0.3 is 0 Å². The third-order valence-corrected chi connectivity index (χ3v) is 5.04. The van der Waals surface area contributed by atoms with Crippen LogP contribution in [0.4, 0.5) is 0 Å². The van der Waals surface area contributed by atoms with Crippen molar-refractivity contribution in [3.8, 4) is 0 Å². The van der Waals surface area contributed by atoms with E-state index in [1.54, 1.807) is 6.20 Å². The van der Waals surface area contributed by atoms with E-state index in [-0.39, 0.29) is 5.75 Å². The summed E-state index contributed by atoms with van der Waals surface area (Å²) in [6.07, 6.45) is 2.08. The summed E-state index contributed by atoms with van der Waals surface area (Å²) in [5.41, 5.74) is 1.76. The highest BCUT2D eigenvalue weighted by atomic mass is 32.2. The Balaban J connectivity index is 1.66. The Bertz CT molecular complexity index is 888. The third-order valence-electron chi connectivity index (χ3n) is 3.72. The van der Waals surface area contributed by atoms with Crippen LogP contribution in [0, 0.1) is 0 Å². The molecular weight excluding hydrogens is 308 g/mol. The van der Waals surface area contributed by atoms with Crippen LogP contribution in [0.25, 0.3) is 10.8 Å². The van der Waals surface area contributed by atoms with Gasteiger partial charge in [-0.3, -0.25) is 4.98 Å². The molecule has 0 atom stereocenters. The molecule has 0 aliphatic carbocycles. The van der Waals surface area contributed by atoms with Gasteiger partial charge in [0.15, 0.2) is 0 Å². The van der Waals surface area contributed by atoms with E-state index in [4.69, 9.17) is 0 Å². The maximum Gasteiger partial charge on any atom is 0.212 e. The number of benzene rings is 2. The monoisotopic (exact) mass is 326 g/mol. The summed E-state index contributed by atoms with van der Waals surface area (Å²) >= 11 is 0. The largest absolute Gasteiger partial charge is 0.261 e. The Morgan fingerprint density at radius 1 is 0.913 bits per heavy atom. The maximum absolute atomic E-state index is 12.2. The smallest absolute Gasteiger partial charge is 0.212 e. The molecule has 0 unspecified atom stereocenters. The van der Waals surface area contributed by atoms with Crippen molar-refractivity contribution >= 4 is 20.8 Å². The van der Waals surface area contributed by atoms with E-state index >= 15 is 0 Å². The topological polar surface area (TPSA) is 59.1 Å². The molecule has 118 valence electrons. The lowest BCUT2D eigenvalue weighted by Crippen LogP contribution is -2.27. The first-order chi connectivity index (χ1) is 11.1. The molecule has 0 radical (unpaired) electrons. The van der Waals surface area contributed by atoms with Crippen LogP contribution >= 0.6 is 0 Å². The predicted octanol–water partition coefficient (Wildman–Crippen LogP) is 2.90.